The van der Waals surface area contributed by atoms with Crippen LogP contribution in [0.15, 0.2) is 83.8 Å². The first-order chi connectivity index (χ1) is 19.3. The number of nitrogens with one attached hydrogen (secondary N) is 1. The Labute approximate surface area is 237 Å². The molecule has 1 aliphatic heterocycles. The third-order valence-electron chi connectivity index (χ3n) is 7.28. The molecule has 3 aromatic rings. The zero-order valence-electron chi connectivity index (χ0n) is 23.1. The summed E-state index contributed by atoms with van der Waals surface area (Å²) in [5, 5.41) is 2.73. The van der Waals surface area contributed by atoms with Crippen LogP contribution >= 0.6 is 0 Å². The van der Waals surface area contributed by atoms with Gasteiger partial charge in [-0.2, -0.15) is 4.31 Å². The summed E-state index contributed by atoms with van der Waals surface area (Å²) in [5.41, 5.74) is 2.70. The van der Waals surface area contributed by atoms with Gasteiger partial charge in [0.15, 0.2) is 0 Å². The van der Waals surface area contributed by atoms with E-state index in [1.807, 2.05) is 54.6 Å². The number of sulfonamides is 1. The number of amides is 2. The Bertz CT molecular complexity index is 1370. The van der Waals surface area contributed by atoms with Crippen molar-refractivity contribution < 1.29 is 22.7 Å². The van der Waals surface area contributed by atoms with Gasteiger partial charge in [-0.1, -0.05) is 54.6 Å². The van der Waals surface area contributed by atoms with Crippen LogP contribution < -0.4 is 10.1 Å². The molecule has 1 aliphatic rings. The molecule has 0 bridgehead atoms. The van der Waals surface area contributed by atoms with Crippen LogP contribution in [0.2, 0.25) is 0 Å². The van der Waals surface area contributed by atoms with Crippen LogP contribution in [-0.2, 0) is 39.0 Å². The Hall–Kier alpha value is -3.69. The van der Waals surface area contributed by atoms with Crippen LogP contribution in [0.1, 0.15) is 36.0 Å². The lowest BCUT2D eigenvalue weighted by molar-refractivity contribution is -0.141. The van der Waals surface area contributed by atoms with Crippen molar-refractivity contribution >= 4 is 21.8 Å². The molecule has 4 rings (SSSR count). The molecule has 0 unspecified atom stereocenters. The smallest absolute Gasteiger partial charge is 0.243 e. The maximum absolute atomic E-state index is 13.7. The fraction of sp³-hybridized carbons (Fsp3) is 0.355. The molecule has 2 amide bonds. The van der Waals surface area contributed by atoms with Crippen molar-refractivity contribution in [2.45, 2.75) is 49.6 Å². The lowest BCUT2D eigenvalue weighted by Crippen LogP contribution is -2.49. The first kappa shape index (κ1) is 29.3. The summed E-state index contributed by atoms with van der Waals surface area (Å²) in [6.45, 7) is 1.37. The van der Waals surface area contributed by atoms with Crippen molar-refractivity contribution in [2.75, 3.05) is 27.2 Å². The van der Waals surface area contributed by atoms with Crippen molar-refractivity contribution in [3.05, 3.63) is 95.6 Å². The summed E-state index contributed by atoms with van der Waals surface area (Å²) >= 11 is 0. The topological polar surface area (TPSA) is 96.0 Å². The van der Waals surface area contributed by atoms with Crippen LogP contribution in [0.5, 0.6) is 5.75 Å². The lowest BCUT2D eigenvalue weighted by Gasteiger charge is -2.31. The number of carbonyl (C=O) groups excluding carboxylic acids is 2. The second kappa shape index (κ2) is 13.6. The first-order valence-electron chi connectivity index (χ1n) is 13.6. The molecule has 1 heterocycles. The average Bonchev–Trinajstić information content (AvgIpc) is 3.55. The Balaban J connectivity index is 1.52. The molecule has 3 aromatic carbocycles. The summed E-state index contributed by atoms with van der Waals surface area (Å²) < 4.78 is 32.5. The van der Waals surface area contributed by atoms with E-state index >= 15 is 0 Å². The summed E-state index contributed by atoms with van der Waals surface area (Å²) in [7, 11) is -0.313. The number of methoxy groups -OCH3 is 1. The third-order valence-corrected chi connectivity index (χ3v) is 9.20. The molecule has 0 radical (unpaired) electrons. The fourth-order valence-electron chi connectivity index (χ4n) is 4.95. The van der Waals surface area contributed by atoms with Crippen LogP contribution in [0.3, 0.4) is 0 Å². The van der Waals surface area contributed by atoms with Gasteiger partial charge in [-0.05, 0) is 60.2 Å². The van der Waals surface area contributed by atoms with Gasteiger partial charge < -0.3 is 15.0 Å². The number of carbonyl (C=O) groups is 2. The van der Waals surface area contributed by atoms with E-state index in [0.717, 1.165) is 29.5 Å². The Morgan fingerprint density at radius 1 is 0.900 bits per heavy atom. The largest absolute Gasteiger partial charge is 0.497 e. The van der Waals surface area contributed by atoms with E-state index in [9.17, 15) is 18.0 Å². The third kappa shape index (κ3) is 7.28. The summed E-state index contributed by atoms with van der Waals surface area (Å²) in [6.07, 6.45) is 2.75. The second-order valence-electron chi connectivity index (χ2n) is 9.94. The monoisotopic (exact) mass is 563 g/mol. The van der Waals surface area contributed by atoms with Crippen molar-refractivity contribution in [3.63, 3.8) is 0 Å². The molecule has 8 nitrogen and oxygen atoms in total. The maximum Gasteiger partial charge on any atom is 0.243 e. The number of benzene rings is 3. The highest BCUT2D eigenvalue weighted by atomic mass is 32.2. The average molecular weight is 564 g/mol. The molecule has 0 spiro atoms. The van der Waals surface area contributed by atoms with Gasteiger partial charge in [0.25, 0.3) is 0 Å². The van der Waals surface area contributed by atoms with E-state index in [-0.39, 0.29) is 29.7 Å². The lowest BCUT2D eigenvalue weighted by atomic mass is 10.0. The molecular formula is C31H37N3O5S. The van der Waals surface area contributed by atoms with Gasteiger partial charge in [-0.25, -0.2) is 8.42 Å². The minimum atomic E-state index is -3.49. The zero-order valence-corrected chi connectivity index (χ0v) is 23.9. The van der Waals surface area contributed by atoms with Crippen LogP contribution in [0.25, 0.3) is 0 Å². The molecule has 40 heavy (non-hydrogen) atoms. The zero-order chi connectivity index (χ0) is 28.5. The number of nitrogens with zero attached hydrogens (tertiary/aromatic N) is 2. The molecular weight excluding hydrogens is 526 g/mol. The van der Waals surface area contributed by atoms with Crippen LogP contribution in [0.4, 0.5) is 0 Å². The van der Waals surface area contributed by atoms with Crippen LogP contribution in [-0.4, -0.2) is 62.7 Å². The normalized spacial score (nSPS) is 14.4. The van der Waals surface area contributed by atoms with E-state index in [1.165, 1.54) is 4.31 Å². The number of hydrogen-bond donors (Lipinski definition) is 1. The number of aryl methyl sites for hydroxylation is 1. The SMILES string of the molecule is CNC(=O)[C@@H](Cc1ccccc1)N(Cc1ccc(OC)cc1)C(=O)CCc1ccc(S(=O)(=O)N2CCCC2)cc1. The Morgan fingerprint density at radius 3 is 2.12 bits per heavy atom. The standard InChI is InChI=1S/C31H37N3O5S/c1-32-31(36)29(22-25-8-4-3-5-9-25)34(23-26-10-15-27(39-2)16-11-26)30(35)19-14-24-12-17-28(18-13-24)40(37,38)33-20-6-7-21-33/h3-5,8-13,15-18,29H,6-7,14,19-23H2,1-2H3,(H,32,36)/t29-/m1/s1. The van der Waals surface area contributed by atoms with Crippen molar-refractivity contribution in [3.8, 4) is 5.75 Å². The summed E-state index contributed by atoms with van der Waals surface area (Å²) in [5.74, 6) is 0.320. The van der Waals surface area contributed by atoms with Gasteiger partial charge in [0.05, 0.1) is 12.0 Å². The van der Waals surface area contributed by atoms with Crippen molar-refractivity contribution in [1.82, 2.24) is 14.5 Å². The van der Waals surface area contributed by atoms with Crippen molar-refractivity contribution in [1.29, 1.82) is 0 Å². The van der Waals surface area contributed by atoms with E-state index in [4.69, 9.17) is 4.74 Å². The summed E-state index contributed by atoms with van der Waals surface area (Å²) in [6, 6.07) is 23.2. The number of likely N-dealkylation sites (N-methyl/N-ethyl adjacent to an activating group) is 1. The predicted octanol–water partition coefficient (Wildman–Crippen LogP) is 3.80. The molecule has 0 saturated carbocycles. The molecule has 212 valence electrons. The van der Waals surface area contributed by atoms with Gasteiger partial charge in [0.1, 0.15) is 11.8 Å². The highest BCUT2D eigenvalue weighted by Gasteiger charge is 2.30. The van der Waals surface area contributed by atoms with Gasteiger partial charge in [-0.15, -0.1) is 0 Å². The molecule has 1 saturated heterocycles. The molecule has 0 aromatic heterocycles. The van der Waals surface area contributed by atoms with E-state index in [0.29, 0.717) is 31.7 Å². The van der Waals surface area contributed by atoms with E-state index in [2.05, 4.69) is 5.32 Å². The van der Waals surface area contributed by atoms with Gasteiger partial charge >= 0.3 is 0 Å². The minimum Gasteiger partial charge on any atom is -0.497 e. The quantitative estimate of drug-likeness (QED) is 0.362. The van der Waals surface area contributed by atoms with E-state index < -0.39 is 16.1 Å². The minimum absolute atomic E-state index is 0.158. The Morgan fingerprint density at radius 2 is 1.52 bits per heavy atom. The predicted molar refractivity (Wildman–Crippen MR) is 154 cm³/mol. The highest BCUT2D eigenvalue weighted by molar-refractivity contribution is 7.89. The maximum atomic E-state index is 13.7. The first-order valence-corrected chi connectivity index (χ1v) is 15.0. The molecule has 1 N–H and O–H groups in total. The van der Waals surface area contributed by atoms with Gasteiger partial charge in [0, 0.05) is 39.5 Å². The van der Waals surface area contributed by atoms with E-state index in [1.54, 1.807) is 43.3 Å². The Kier molecular flexibility index (Phi) is 9.95. The molecule has 0 aliphatic carbocycles. The second-order valence-corrected chi connectivity index (χ2v) is 11.9. The number of ether oxygens (including phenoxy) is 1. The van der Waals surface area contributed by atoms with Crippen LogP contribution in [0, 0.1) is 0 Å². The number of hydrogen-bond acceptors (Lipinski definition) is 5. The fourth-order valence-corrected chi connectivity index (χ4v) is 6.47. The summed E-state index contributed by atoms with van der Waals surface area (Å²) in [4.78, 5) is 28.7. The highest BCUT2D eigenvalue weighted by Crippen LogP contribution is 2.22. The molecule has 1 fully saturated rings. The van der Waals surface area contributed by atoms with Gasteiger partial charge in [0.2, 0.25) is 21.8 Å². The van der Waals surface area contributed by atoms with Gasteiger partial charge in [-0.3, -0.25) is 9.59 Å². The molecule has 1 atom stereocenters. The molecule has 9 heteroatoms. The van der Waals surface area contributed by atoms with Crippen molar-refractivity contribution in [2.24, 2.45) is 0 Å². The number of rotatable bonds is 12.